The van der Waals surface area contributed by atoms with Crippen LogP contribution in [-0.4, -0.2) is 10.1 Å². The van der Waals surface area contributed by atoms with Crippen LogP contribution in [0, 0.1) is 11.3 Å². The summed E-state index contributed by atoms with van der Waals surface area (Å²) in [5.41, 5.74) is -0.272. The van der Waals surface area contributed by atoms with Crippen LogP contribution in [0.25, 0.3) is 5.76 Å². The highest BCUT2D eigenvalue weighted by Gasteiger charge is 2.39. The van der Waals surface area contributed by atoms with E-state index in [0.717, 1.165) is 18.2 Å². The summed E-state index contributed by atoms with van der Waals surface area (Å²) in [6, 6.07) is 10.3. The van der Waals surface area contributed by atoms with Crippen molar-refractivity contribution in [1.29, 1.82) is 5.26 Å². The van der Waals surface area contributed by atoms with Gasteiger partial charge in [-0.3, -0.25) is 0 Å². The van der Waals surface area contributed by atoms with E-state index >= 15 is 0 Å². The molecule has 7 heteroatoms. The molecule has 0 unspecified atom stereocenters. The predicted molar refractivity (Wildman–Crippen MR) is 93.5 cm³/mol. The summed E-state index contributed by atoms with van der Waals surface area (Å²) in [5.74, 6) is -0.0902. The van der Waals surface area contributed by atoms with Gasteiger partial charge >= 0.3 is 6.18 Å². The minimum absolute atomic E-state index is 0.0250. The van der Waals surface area contributed by atoms with Gasteiger partial charge in [-0.15, -0.1) is 0 Å². The van der Waals surface area contributed by atoms with Gasteiger partial charge in [0, 0.05) is 16.7 Å². The van der Waals surface area contributed by atoms with Crippen molar-refractivity contribution in [2.45, 2.75) is 36.9 Å². The molecule has 0 amide bonds. The molecule has 0 aliphatic heterocycles. The number of pyridine rings is 1. The highest BCUT2D eigenvalue weighted by atomic mass is 32.2. The Morgan fingerprint density at radius 2 is 1.88 bits per heavy atom. The monoisotopic (exact) mass is 376 g/mol. The Labute approximate surface area is 153 Å². The van der Waals surface area contributed by atoms with Crippen molar-refractivity contribution in [2.24, 2.45) is 0 Å². The second-order valence-corrected chi connectivity index (χ2v) is 6.75. The normalized spacial score (nSPS) is 14.6. The molecule has 1 aliphatic carbocycles. The number of aryl methyl sites for hydroxylation is 1. The van der Waals surface area contributed by atoms with E-state index in [9.17, 15) is 23.5 Å². The summed E-state index contributed by atoms with van der Waals surface area (Å²) in [5, 5.41) is 20.8. The van der Waals surface area contributed by atoms with E-state index in [4.69, 9.17) is 0 Å². The second kappa shape index (κ2) is 7.42. The zero-order chi connectivity index (χ0) is 18.7. The third-order valence-electron chi connectivity index (χ3n) is 4.19. The molecule has 134 valence electrons. The van der Waals surface area contributed by atoms with Crippen LogP contribution in [0.3, 0.4) is 0 Å². The molecule has 0 bridgehead atoms. The zero-order valence-electron chi connectivity index (χ0n) is 13.7. The predicted octanol–water partition coefficient (Wildman–Crippen LogP) is 5.50. The molecular formula is C19H15F3N2OS. The molecule has 3 nitrogen and oxygen atoms in total. The van der Waals surface area contributed by atoms with Crippen molar-refractivity contribution in [3.63, 3.8) is 0 Å². The number of hydrogen-bond acceptors (Lipinski definition) is 4. The van der Waals surface area contributed by atoms with Gasteiger partial charge in [-0.2, -0.15) is 18.4 Å². The van der Waals surface area contributed by atoms with Gasteiger partial charge in [0.2, 0.25) is 0 Å². The molecule has 0 fully saturated rings. The Morgan fingerprint density at radius 1 is 1.19 bits per heavy atom. The van der Waals surface area contributed by atoms with E-state index < -0.39 is 17.3 Å². The SMILES string of the molecule is N#Cc1c(S/C=C(\O)c2ccccc2)nc2c(c1C(F)(F)F)CCCC2. The van der Waals surface area contributed by atoms with Crippen molar-refractivity contribution in [3.05, 3.63) is 63.7 Å². The number of benzene rings is 1. The van der Waals surface area contributed by atoms with Crippen LogP contribution in [0.1, 0.15) is 40.8 Å². The zero-order valence-corrected chi connectivity index (χ0v) is 14.5. The first kappa shape index (κ1) is 18.3. The molecule has 1 N–H and O–H groups in total. The number of fused-ring (bicyclic) bond motifs is 1. The molecule has 0 spiro atoms. The molecule has 1 aromatic heterocycles. The van der Waals surface area contributed by atoms with Crippen LogP contribution in [0.2, 0.25) is 0 Å². The van der Waals surface area contributed by atoms with Gasteiger partial charge in [0.1, 0.15) is 16.9 Å². The Hall–Kier alpha value is -2.46. The minimum atomic E-state index is -4.62. The second-order valence-electron chi connectivity index (χ2n) is 5.90. The Balaban J connectivity index is 2.06. The molecule has 1 heterocycles. The van der Waals surface area contributed by atoms with Crippen molar-refractivity contribution >= 4 is 17.5 Å². The van der Waals surface area contributed by atoms with Crippen molar-refractivity contribution in [2.75, 3.05) is 0 Å². The lowest BCUT2D eigenvalue weighted by molar-refractivity contribution is -0.138. The molecule has 3 rings (SSSR count). The van der Waals surface area contributed by atoms with E-state index in [1.165, 1.54) is 5.41 Å². The van der Waals surface area contributed by atoms with Gasteiger partial charge in [-0.05, 0) is 31.2 Å². The van der Waals surface area contributed by atoms with Crippen LogP contribution in [0.15, 0.2) is 40.8 Å². The summed E-state index contributed by atoms with van der Waals surface area (Å²) < 4.78 is 40.8. The molecular weight excluding hydrogens is 361 g/mol. The number of alkyl halides is 3. The lowest BCUT2D eigenvalue weighted by Crippen LogP contribution is -2.19. The average molecular weight is 376 g/mol. The van der Waals surface area contributed by atoms with Gasteiger partial charge in [-0.1, -0.05) is 42.1 Å². The molecule has 2 aromatic rings. The lowest BCUT2D eigenvalue weighted by atomic mass is 9.90. The van der Waals surface area contributed by atoms with Crippen LogP contribution in [0.4, 0.5) is 13.2 Å². The van der Waals surface area contributed by atoms with E-state index in [2.05, 4.69) is 4.98 Å². The number of nitrogens with zero attached hydrogens (tertiary/aromatic N) is 2. The average Bonchev–Trinajstić information content (AvgIpc) is 2.64. The van der Waals surface area contributed by atoms with Gasteiger partial charge < -0.3 is 5.11 Å². The van der Waals surface area contributed by atoms with Crippen LogP contribution in [-0.2, 0) is 19.0 Å². The summed E-state index contributed by atoms with van der Waals surface area (Å²) in [6.45, 7) is 0. The fourth-order valence-corrected chi connectivity index (χ4v) is 3.80. The standard InChI is InChI=1S/C19H15F3N2OS/c20-19(21,22)17-13-8-4-5-9-15(13)24-18(14(17)10-23)26-11-16(25)12-6-2-1-3-7-12/h1-3,6-7,11,25H,4-5,8-9H2/b16-11-. The van der Waals surface area contributed by atoms with Crippen LogP contribution >= 0.6 is 11.8 Å². The number of hydrogen-bond donors (Lipinski definition) is 1. The van der Waals surface area contributed by atoms with E-state index in [-0.39, 0.29) is 22.8 Å². The quantitative estimate of drug-likeness (QED) is 0.568. The van der Waals surface area contributed by atoms with Crippen LogP contribution in [0.5, 0.6) is 0 Å². The van der Waals surface area contributed by atoms with Gasteiger partial charge in [0.05, 0.1) is 11.1 Å². The maximum atomic E-state index is 13.6. The molecule has 1 aliphatic rings. The maximum absolute atomic E-state index is 13.6. The molecule has 0 saturated heterocycles. The number of thioether (sulfide) groups is 1. The molecule has 0 saturated carbocycles. The Kier molecular flexibility index (Phi) is 5.23. The number of nitriles is 1. The number of aromatic nitrogens is 1. The van der Waals surface area contributed by atoms with Gasteiger partial charge in [0.15, 0.2) is 0 Å². The van der Waals surface area contributed by atoms with Crippen LogP contribution < -0.4 is 0 Å². The highest BCUT2D eigenvalue weighted by Crippen LogP contribution is 2.41. The van der Waals surface area contributed by atoms with Crippen molar-refractivity contribution in [3.8, 4) is 6.07 Å². The largest absolute Gasteiger partial charge is 0.507 e. The third kappa shape index (κ3) is 3.70. The van der Waals surface area contributed by atoms with Crippen molar-refractivity contribution in [1.82, 2.24) is 4.98 Å². The summed E-state index contributed by atoms with van der Waals surface area (Å²) in [7, 11) is 0. The Bertz CT molecular complexity index is 886. The third-order valence-corrected chi connectivity index (χ3v) is 5.05. The van der Waals surface area contributed by atoms with Gasteiger partial charge in [0.25, 0.3) is 0 Å². The molecule has 0 radical (unpaired) electrons. The number of aliphatic hydroxyl groups excluding tert-OH is 1. The van der Waals surface area contributed by atoms with Gasteiger partial charge in [-0.25, -0.2) is 4.98 Å². The Morgan fingerprint density at radius 3 is 2.54 bits per heavy atom. The summed E-state index contributed by atoms with van der Waals surface area (Å²) >= 11 is 0.832. The minimum Gasteiger partial charge on any atom is -0.507 e. The number of halogens is 3. The van der Waals surface area contributed by atoms with E-state index in [1.807, 2.05) is 0 Å². The number of rotatable bonds is 3. The first-order chi connectivity index (χ1) is 12.4. The summed E-state index contributed by atoms with van der Waals surface area (Å²) in [4.78, 5) is 4.31. The lowest BCUT2D eigenvalue weighted by Gasteiger charge is -2.22. The topological polar surface area (TPSA) is 56.9 Å². The van der Waals surface area contributed by atoms with E-state index in [1.54, 1.807) is 36.4 Å². The first-order valence-corrected chi connectivity index (χ1v) is 8.94. The number of aliphatic hydroxyl groups is 1. The molecule has 1 aromatic carbocycles. The molecule has 0 atom stereocenters. The highest BCUT2D eigenvalue weighted by molar-refractivity contribution is 8.02. The fourth-order valence-electron chi connectivity index (χ4n) is 3.01. The summed E-state index contributed by atoms with van der Waals surface area (Å²) in [6.07, 6.45) is -2.44. The molecule has 26 heavy (non-hydrogen) atoms. The smallest absolute Gasteiger partial charge is 0.418 e. The maximum Gasteiger partial charge on any atom is 0.418 e. The fraction of sp³-hybridized carbons (Fsp3) is 0.263. The van der Waals surface area contributed by atoms with Crippen molar-refractivity contribution < 1.29 is 18.3 Å². The first-order valence-electron chi connectivity index (χ1n) is 8.06. The van der Waals surface area contributed by atoms with E-state index in [0.29, 0.717) is 24.1 Å².